The fourth-order valence-electron chi connectivity index (χ4n) is 3.00. The smallest absolute Gasteiger partial charge is 0.256 e. The number of rotatable bonds is 7. The van der Waals surface area contributed by atoms with Gasteiger partial charge >= 0.3 is 0 Å². The highest BCUT2D eigenvalue weighted by Gasteiger charge is 2.16. The van der Waals surface area contributed by atoms with Crippen molar-refractivity contribution in [2.24, 2.45) is 0 Å². The zero-order valence-electron chi connectivity index (χ0n) is 16.0. The van der Waals surface area contributed by atoms with Crippen LogP contribution in [0.2, 0.25) is 0 Å². The lowest BCUT2D eigenvalue weighted by Crippen LogP contribution is -2.36. The number of anilines is 3. The SMILES string of the molecule is CCCCN(C)C(=O)c1cnc(Nc2ccccc2N2CCOCC2)nc1. The minimum Gasteiger partial charge on any atom is -0.378 e. The molecule has 3 rings (SSSR count). The van der Waals surface area contributed by atoms with Crippen LogP contribution in [-0.4, -0.2) is 60.7 Å². The standard InChI is InChI=1S/C20H27N5O2/c1-3-4-9-24(2)19(26)16-14-21-20(22-15-16)23-17-7-5-6-8-18(17)25-10-12-27-13-11-25/h5-8,14-15H,3-4,9-13H2,1-2H3,(H,21,22,23). The van der Waals surface area contributed by atoms with Crippen molar-refractivity contribution in [3.8, 4) is 0 Å². The van der Waals surface area contributed by atoms with Crippen LogP contribution in [0.5, 0.6) is 0 Å². The quantitative estimate of drug-likeness (QED) is 0.809. The number of nitrogens with one attached hydrogen (secondary N) is 1. The first-order valence-electron chi connectivity index (χ1n) is 9.45. The summed E-state index contributed by atoms with van der Waals surface area (Å²) in [5, 5.41) is 3.27. The first-order chi connectivity index (χ1) is 13.2. The van der Waals surface area contributed by atoms with Crippen molar-refractivity contribution in [2.45, 2.75) is 19.8 Å². The Morgan fingerprint density at radius 2 is 1.93 bits per heavy atom. The Morgan fingerprint density at radius 1 is 1.22 bits per heavy atom. The molecule has 1 fully saturated rings. The molecule has 1 aliphatic rings. The van der Waals surface area contributed by atoms with Crippen LogP contribution in [0.25, 0.3) is 0 Å². The van der Waals surface area contributed by atoms with E-state index in [1.165, 1.54) is 0 Å². The maximum atomic E-state index is 12.4. The molecule has 0 aliphatic carbocycles. The molecule has 0 radical (unpaired) electrons. The van der Waals surface area contributed by atoms with E-state index in [9.17, 15) is 4.79 Å². The number of carbonyl (C=O) groups is 1. The summed E-state index contributed by atoms with van der Waals surface area (Å²) >= 11 is 0. The van der Waals surface area contributed by atoms with E-state index in [1.54, 1.807) is 17.3 Å². The van der Waals surface area contributed by atoms with Crippen LogP contribution < -0.4 is 10.2 Å². The van der Waals surface area contributed by atoms with Crippen LogP contribution in [0.1, 0.15) is 30.1 Å². The van der Waals surface area contributed by atoms with E-state index in [2.05, 4.69) is 33.2 Å². The molecule has 0 atom stereocenters. The van der Waals surface area contributed by atoms with Gasteiger partial charge in [-0.25, -0.2) is 9.97 Å². The van der Waals surface area contributed by atoms with Gasteiger partial charge in [0.1, 0.15) is 0 Å². The van der Waals surface area contributed by atoms with Gasteiger partial charge in [-0.15, -0.1) is 0 Å². The average molecular weight is 369 g/mol. The number of hydrogen-bond acceptors (Lipinski definition) is 6. The Hall–Kier alpha value is -2.67. The van der Waals surface area contributed by atoms with Crippen LogP contribution >= 0.6 is 0 Å². The minimum absolute atomic E-state index is 0.0521. The molecule has 1 saturated heterocycles. The van der Waals surface area contributed by atoms with E-state index >= 15 is 0 Å². The number of hydrogen-bond donors (Lipinski definition) is 1. The number of ether oxygens (including phenoxy) is 1. The first kappa shape index (κ1) is 19.1. The summed E-state index contributed by atoms with van der Waals surface area (Å²) in [6, 6.07) is 8.08. The highest BCUT2D eigenvalue weighted by Crippen LogP contribution is 2.28. The second-order valence-electron chi connectivity index (χ2n) is 6.62. The lowest BCUT2D eigenvalue weighted by atomic mass is 10.2. The molecule has 2 heterocycles. The normalized spacial score (nSPS) is 14.1. The number of nitrogens with zero attached hydrogens (tertiary/aromatic N) is 4. The molecule has 0 bridgehead atoms. The lowest BCUT2D eigenvalue weighted by Gasteiger charge is -2.30. The van der Waals surface area contributed by atoms with Crippen LogP contribution in [0.15, 0.2) is 36.7 Å². The van der Waals surface area contributed by atoms with Gasteiger partial charge in [-0.05, 0) is 18.6 Å². The van der Waals surface area contributed by atoms with E-state index in [4.69, 9.17) is 4.74 Å². The van der Waals surface area contributed by atoms with Crippen molar-refractivity contribution in [2.75, 3.05) is 50.1 Å². The molecule has 1 aromatic heterocycles. The zero-order chi connectivity index (χ0) is 19.1. The number of para-hydroxylation sites is 2. The summed E-state index contributed by atoms with van der Waals surface area (Å²) in [7, 11) is 1.81. The van der Waals surface area contributed by atoms with Gasteiger partial charge in [0.15, 0.2) is 0 Å². The van der Waals surface area contributed by atoms with Crippen LogP contribution in [0.4, 0.5) is 17.3 Å². The molecular formula is C20H27N5O2. The summed E-state index contributed by atoms with van der Waals surface area (Å²) in [6.45, 7) is 6.02. The summed E-state index contributed by atoms with van der Waals surface area (Å²) in [6.07, 6.45) is 5.20. The molecule has 27 heavy (non-hydrogen) atoms. The number of unbranched alkanes of at least 4 members (excludes halogenated alkanes) is 1. The van der Waals surface area contributed by atoms with Gasteiger partial charge < -0.3 is 19.9 Å². The lowest BCUT2D eigenvalue weighted by molar-refractivity contribution is 0.0792. The first-order valence-corrected chi connectivity index (χ1v) is 9.45. The van der Waals surface area contributed by atoms with Gasteiger partial charge in [0.2, 0.25) is 5.95 Å². The Kier molecular flexibility index (Phi) is 6.59. The maximum Gasteiger partial charge on any atom is 0.256 e. The third-order valence-corrected chi connectivity index (χ3v) is 4.59. The van der Waals surface area contributed by atoms with E-state index < -0.39 is 0 Å². The van der Waals surface area contributed by atoms with Gasteiger partial charge in [0.25, 0.3) is 5.91 Å². The average Bonchev–Trinajstić information content (AvgIpc) is 2.73. The van der Waals surface area contributed by atoms with Crippen molar-refractivity contribution in [1.82, 2.24) is 14.9 Å². The van der Waals surface area contributed by atoms with Crippen molar-refractivity contribution in [3.63, 3.8) is 0 Å². The Morgan fingerprint density at radius 3 is 2.63 bits per heavy atom. The molecular weight excluding hydrogens is 342 g/mol. The molecule has 7 heteroatoms. The molecule has 0 spiro atoms. The van der Waals surface area contributed by atoms with E-state index in [0.29, 0.717) is 11.5 Å². The molecule has 1 aliphatic heterocycles. The molecule has 0 saturated carbocycles. The van der Waals surface area contributed by atoms with Crippen molar-refractivity contribution in [1.29, 1.82) is 0 Å². The van der Waals surface area contributed by atoms with Gasteiger partial charge in [-0.2, -0.15) is 0 Å². The second-order valence-corrected chi connectivity index (χ2v) is 6.62. The Bertz CT molecular complexity index is 744. The zero-order valence-corrected chi connectivity index (χ0v) is 16.0. The minimum atomic E-state index is -0.0521. The molecule has 7 nitrogen and oxygen atoms in total. The number of morpholine rings is 1. The van der Waals surface area contributed by atoms with Crippen molar-refractivity contribution >= 4 is 23.2 Å². The highest BCUT2D eigenvalue weighted by molar-refractivity contribution is 5.93. The number of benzene rings is 1. The predicted molar refractivity (Wildman–Crippen MR) is 107 cm³/mol. The van der Waals surface area contributed by atoms with Crippen molar-refractivity contribution < 1.29 is 9.53 Å². The Balaban J connectivity index is 1.69. The fraction of sp³-hybridized carbons (Fsp3) is 0.450. The molecule has 2 aromatic rings. The topological polar surface area (TPSA) is 70.6 Å². The maximum absolute atomic E-state index is 12.4. The van der Waals surface area contributed by atoms with Gasteiger partial charge in [-0.3, -0.25) is 4.79 Å². The summed E-state index contributed by atoms with van der Waals surface area (Å²) < 4.78 is 5.44. The molecule has 144 valence electrons. The summed E-state index contributed by atoms with van der Waals surface area (Å²) in [4.78, 5) is 25.0. The molecule has 1 amide bonds. The van der Waals surface area contributed by atoms with E-state index in [1.807, 2.05) is 25.2 Å². The summed E-state index contributed by atoms with van der Waals surface area (Å²) in [5.74, 6) is 0.423. The van der Waals surface area contributed by atoms with E-state index in [0.717, 1.165) is 57.1 Å². The monoisotopic (exact) mass is 369 g/mol. The Labute approximate surface area is 160 Å². The largest absolute Gasteiger partial charge is 0.378 e. The molecule has 1 aromatic carbocycles. The van der Waals surface area contributed by atoms with E-state index in [-0.39, 0.29) is 5.91 Å². The van der Waals surface area contributed by atoms with Crippen LogP contribution in [-0.2, 0) is 4.74 Å². The number of amides is 1. The van der Waals surface area contributed by atoms with Gasteiger partial charge in [0, 0.05) is 39.1 Å². The summed E-state index contributed by atoms with van der Waals surface area (Å²) in [5.41, 5.74) is 2.54. The van der Waals surface area contributed by atoms with Crippen molar-refractivity contribution in [3.05, 3.63) is 42.2 Å². The number of carbonyl (C=O) groups excluding carboxylic acids is 1. The van der Waals surface area contributed by atoms with Crippen LogP contribution in [0.3, 0.4) is 0 Å². The molecule has 1 N–H and O–H groups in total. The van der Waals surface area contributed by atoms with Gasteiger partial charge in [0.05, 0.1) is 30.2 Å². The molecule has 0 unspecified atom stereocenters. The fourth-order valence-corrected chi connectivity index (χ4v) is 3.00. The second kappa shape index (κ2) is 9.32. The van der Waals surface area contributed by atoms with Crippen LogP contribution in [0, 0.1) is 0 Å². The number of aromatic nitrogens is 2. The van der Waals surface area contributed by atoms with Gasteiger partial charge in [-0.1, -0.05) is 25.5 Å². The third-order valence-electron chi connectivity index (χ3n) is 4.59. The highest BCUT2D eigenvalue weighted by atomic mass is 16.5. The third kappa shape index (κ3) is 4.95. The predicted octanol–water partition coefficient (Wildman–Crippen LogP) is 2.93.